The van der Waals surface area contributed by atoms with E-state index in [2.05, 4.69) is 4.98 Å². The number of hydrogen-bond donors (Lipinski definition) is 0. The maximum absolute atomic E-state index is 13.7. The van der Waals surface area contributed by atoms with Gasteiger partial charge in [0.1, 0.15) is 0 Å². The number of fused-ring (bicyclic) bond motifs is 1. The van der Waals surface area contributed by atoms with E-state index in [4.69, 9.17) is 16.3 Å². The Kier molecular flexibility index (Phi) is 3.52. The van der Waals surface area contributed by atoms with E-state index >= 15 is 0 Å². The normalized spacial score (nSPS) is 10.9. The molecule has 96 valence electrons. The molecule has 0 N–H and O–H groups in total. The minimum Gasteiger partial charge on any atom is -0.461 e. The number of aryl methyl sites for hydroxylation is 1. The molecule has 4 nitrogen and oxygen atoms in total. The van der Waals surface area contributed by atoms with Gasteiger partial charge in [-0.15, -0.1) is 0 Å². The van der Waals surface area contributed by atoms with Crippen molar-refractivity contribution < 1.29 is 13.9 Å². The number of aromatic nitrogens is 2. The molecule has 0 fully saturated rings. The largest absolute Gasteiger partial charge is 0.461 e. The van der Waals surface area contributed by atoms with Gasteiger partial charge in [-0.3, -0.25) is 4.40 Å². The van der Waals surface area contributed by atoms with Crippen LogP contribution in [0.5, 0.6) is 0 Å². The molecule has 0 aliphatic carbocycles. The summed E-state index contributed by atoms with van der Waals surface area (Å²) < 4.78 is 20.0. The Morgan fingerprint density at radius 2 is 2.28 bits per heavy atom. The van der Waals surface area contributed by atoms with E-state index in [1.54, 1.807) is 6.92 Å². The molecule has 0 saturated heterocycles. The molecule has 2 aromatic rings. The molecule has 0 aliphatic rings. The first-order chi connectivity index (χ1) is 8.58. The molecular formula is C12H12ClFN2O2. The van der Waals surface area contributed by atoms with E-state index in [9.17, 15) is 9.18 Å². The van der Waals surface area contributed by atoms with Crippen LogP contribution in [0.25, 0.3) is 5.65 Å². The van der Waals surface area contributed by atoms with Crippen LogP contribution in [-0.4, -0.2) is 22.0 Å². The summed E-state index contributed by atoms with van der Waals surface area (Å²) in [6.07, 6.45) is 1.96. The molecule has 2 rings (SSSR count). The fourth-order valence-corrected chi connectivity index (χ4v) is 1.98. The van der Waals surface area contributed by atoms with Crippen LogP contribution >= 0.6 is 11.6 Å². The van der Waals surface area contributed by atoms with Crippen molar-refractivity contribution in [2.75, 3.05) is 6.61 Å². The lowest BCUT2D eigenvalue weighted by atomic mass is 10.2. The fraction of sp³-hybridized carbons (Fsp3) is 0.333. The summed E-state index contributed by atoms with van der Waals surface area (Å²) in [5.41, 5.74) is 0.810. The first kappa shape index (κ1) is 12.8. The lowest BCUT2D eigenvalue weighted by Crippen LogP contribution is -2.10. The van der Waals surface area contributed by atoms with Gasteiger partial charge >= 0.3 is 5.97 Å². The third-order valence-electron chi connectivity index (χ3n) is 2.52. The number of nitrogens with zero attached hydrogens (tertiary/aromatic N) is 2. The highest BCUT2D eigenvalue weighted by molar-refractivity contribution is 6.30. The van der Waals surface area contributed by atoms with Crippen molar-refractivity contribution in [1.82, 2.24) is 9.38 Å². The van der Waals surface area contributed by atoms with E-state index in [0.717, 1.165) is 6.07 Å². The second kappa shape index (κ2) is 4.94. The van der Waals surface area contributed by atoms with Crippen LogP contribution in [0, 0.1) is 5.82 Å². The number of rotatable bonds is 3. The van der Waals surface area contributed by atoms with Crippen LogP contribution in [-0.2, 0) is 11.2 Å². The molecule has 0 unspecified atom stereocenters. The molecule has 0 bridgehead atoms. The summed E-state index contributed by atoms with van der Waals surface area (Å²) >= 11 is 5.79. The van der Waals surface area contributed by atoms with E-state index in [-0.39, 0.29) is 23.0 Å². The van der Waals surface area contributed by atoms with Crippen molar-refractivity contribution >= 4 is 23.2 Å². The number of carbonyl (C=O) groups excluding carboxylic acids is 1. The number of hydrogen-bond acceptors (Lipinski definition) is 3. The highest BCUT2D eigenvalue weighted by atomic mass is 35.5. The molecule has 0 atom stereocenters. The smallest absolute Gasteiger partial charge is 0.357 e. The number of halogens is 2. The van der Waals surface area contributed by atoms with Crippen molar-refractivity contribution in [2.45, 2.75) is 20.3 Å². The van der Waals surface area contributed by atoms with Crippen molar-refractivity contribution in [3.8, 4) is 0 Å². The molecule has 0 spiro atoms. The molecule has 18 heavy (non-hydrogen) atoms. The maximum atomic E-state index is 13.7. The number of esters is 1. The van der Waals surface area contributed by atoms with Crippen LogP contribution in [0.3, 0.4) is 0 Å². The summed E-state index contributed by atoms with van der Waals surface area (Å²) in [6, 6.07) is 1.16. The molecule has 2 heterocycles. The van der Waals surface area contributed by atoms with Gasteiger partial charge in [-0.05, 0) is 19.4 Å². The molecule has 0 aromatic carbocycles. The van der Waals surface area contributed by atoms with Crippen molar-refractivity contribution in [2.24, 2.45) is 0 Å². The Balaban J connectivity index is 2.72. The van der Waals surface area contributed by atoms with Crippen LogP contribution in [0.4, 0.5) is 4.39 Å². The summed E-state index contributed by atoms with van der Waals surface area (Å²) in [7, 11) is 0. The Labute approximate surface area is 108 Å². The first-order valence-electron chi connectivity index (χ1n) is 5.61. The molecule has 0 radical (unpaired) electrons. The van der Waals surface area contributed by atoms with E-state index in [0.29, 0.717) is 12.1 Å². The molecule has 0 saturated carbocycles. The molecule has 0 amide bonds. The summed E-state index contributed by atoms with van der Waals surface area (Å²) in [4.78, 5) is 16.0. The molecule has 0 aliphatic heterocycles. The zero-order chi connectivity index (χ0) is 13.3. The van der Waals surface area contributed by atoms with Crippen LogP contribution in [0.1, 0.15) is 30.0 Å². The second-order valence-corrected chi connectivity index (χ2v) is 4.12. The summed E-state index contributed by atoms with van der Waals surface area (Å²) in [6.45, 7) is 3.79. The van der Waals surface area contributed by atoms with Gasteiger partial charge in [0, 0.05) is 6.20 Å². The van der Waals surface area contributed by atoms with Gasteiger partial charge in [0.2, 0.25) is 0 Å². The third-order valence-corrected chi connectivity index (χ3v) is 2.72. The lowest BCUT2D eigenvalue weighted by molar-refractivity contribution is 0.0517. The summed E-state index contributed by atoms with van der Waals surface area (Å²) in [5.74, 6) is -1.09. The number of pyridine rings is 1. The van der Waals surface area contributed by atoms with Crippen LogP contribution in [0.15, 0.2) is 12.3 Å². The Hall–Kier alpha value is -1.62. The van der Waals surface area contributed by atoms with Gasteiger partial charge in [-0.1, -0.05) is 18.5 Å². The van der Waals surface area contributed by atoms with Crippen molar-refractivity contribution in [3.63, 3.8) is 0 Å². The maximum Gasteiger partial charge on any atom is 0.357 e. The van der Waals surface area contributed by atoms with Gasteiger partial charge in [0.15, 0.2) is 17.2 Å². The third kappa shape index (κ3) is 2.06. The monoisotopic (exact) mass is 270 g/mol. The van der Waals surface area contributed by atoms with Gasteiger partial charge in [-0.25, -0.2) is 14.2 Å². The van der Waals surface area contributed by atoms with E-state index in [1.807, 2.05) is 6.92 Å². The van der Waals surface area contributed by atoms with Crippen molar-refractivity contribution in [3.05, 3.63) is 34.5 Å². The Morgan fingerprint density at radius 3 is 2.89 bits per heavy atom. The minimum absolute atomic E-state index is 0.0827. The van der Waals surface area contributed by atoms with Crippen LogP contribution in [0.2, 0.25) is 5.02 Å². The quantitative estimate of drug-likeness (QED) is 0.806. The predicted molar refractivity (Wildman–Crippen MR) is 65.5 cm³/mol. The average molecular weight is 271 g/mol. The Morgan fingerprint density at radius 1 is 1.56 bits per heavy atom. The number of ether oxygens (including phenoxy) is 1. The highest BCUT2D eigenvalue weighted by Gasteiger charge is 2.21. The minimum atomic E-state index is -0.562. The second-order valence-electron chi connectivity index (χ2n) is 3.68. The van der Waals surface area contributed by atoms with Crippen molar-refractivity contribution in [1.29, 1.82) is 0 Å². The zero-order valence-electron chi connectivity index (χ0n) is 10.0. The SMILES string of the molecule is CCOC(=O)c1c(CC)nc2c(F)cc(Cl)cn12. The highest BCUT2D eigenvalue weighted by Crippen LogP contribution is 2.21. The van der Waals surface area contributed by atoms with Gasteiger partial charge < -0.3 is 4.74 Å². The van der Waals surface area contributed by atoms with E-state index in [1.165, 1.54) is 10.6 Å². The number of carbonyl (C=O) groups is 1. The van der Waals surface area contributed by atoms with Gasteiger partial charge in [0.25, 0.3) is 0 Å². The zero-order valence-corrected chi connectivity index (χ0v) is 10.8. The first-order valence-corrected chi connectivity index (χ1v) is 5.99. The Bertz CT molecular complexity index is 610. The topological polar surface area (TPSA) is 43.6 Å². The van der Waals surface area contributed by atoms with Gasteiger partial charge in [0.05, 0.1) is 17.3 Å². The predicted octanol–water partition coefficient (Wildman–Crippen LogP) is 2.87. The lowest BCUT2D eigenvalue weighted by Gasteiger charge is -2.04. The van der Waals surface area contributed by atoms with E-state index < -0.39 is 11.8 Å². The standard InChI is InChI=1S/C12H12ClFN2O2/c1-3-9-10(12(17)18-4-2)16-6-7(13)5-8(14)11(16)15-9/h5-6H,3-4H2,1-2H3. The fourth-order valence-electron chi connectivity index (χ4n) is 1.78. The molecule has 2 aromatic heterocycles. The average Bonchev–Trinajstić information content (AvgIpc) is 2.68. The molecule has 6 heteroatoms. The van der Waals surface area contributed by atoms with Crippen LogP contribution < -0.4 is 0 Å². The van der Waals surface area contributed by atoms with Gasteiger partial charge in [-0.2, -0.15) is 0 Å². The molecular weight excluding hydrogens is 259 g/mol. The number of imidazole rings is 1. The summed E-state index contributed by atoms with van der Waals surface area (Å²) in [5, 5.41) is 0.200.